The molecule has 5 nitrogen and oxygen atoms in total. The highest BCUT2D eigenvalue weighted by atomic mass is 16.5. The van der Waals surface area contributed by atoms with E-state index in [1.54, 1.807) is 12.4 Å². The van der Waals surface area contributed by atoms with Crippen LogP contribution in [0.3, 0.4) is 0 Å². The molecule has 21 heavy (non-hydrogen) atoms. The molecule has 0 amide bonds. The number of likely N-dealkylation sites (tertiary alicyclic amines) is 1. The quantitative estimate of drug-likeness (QED) is 0.861. The molecular formula is C16H20N4O. The first-order valence-electron chi connectivity index (χ1n) is 7.31. The molecule has 1 aliphatic rings. The van der Waals surface area contributed by atoms with Crippen LogP contribution in [-0.4, -0.2) is 46.1 Å². The van der Waals surface area contributed by atoms with Crippen molar-refractivity contribution in [2.45, 2.75) is 24.8 Å². The first-order chi connectivity index (χ1) is 10.3. The number of hydrogen-bond donors (Lipinski definition) is 0. The van der Waals surface area contributed by atoms with Gasteiger partial charge in [0, 0.05) is 25.0 Å². The van der Waals surface area contributed by atoms with Crippen LogP contribution in [0.2, 0.25) is 0 Å². The first-order valence-corrected chi connectivity index (χ1v) is 7.31. The summed E-state index contributed by atoms with van der Waals surface area (Å²) in [5.41, 5.74) is 1.33. The molecule has 1 fully saturated rings. The Kier molecular flexibility index (Phi) is 4.40. The Morgan fingerprint density at radius 3 is 2.76 bits per heavy atom. The van der Waals surface area contributed by atoms with Crippen molar-refractivity contribution in [3.63, 3.8) is 0 Å². The Morgan fingerprint density at radius 2 is 2.05 bits per heavy atom. The zero-order valence-corrected chi connectivity index (χ0v) is 12.2. The summed E-state index contributed by atoms with van der Waals surface area (Å²) in [6, 6.07) is 4.63. The van der Waals surface area contributed by atoms with Crippen LogP contribution in [0.4, 0.5) is 0 Å². The maximum Gasteiger partial charge on any atom is 0.155 e. The van der Waals surface area contributed by atoms with Crippen molar-refractivity contribution in [2.75, 3.05) is 20.2 Å². The molecule has 5 heteroatoms. The zero-order valence-electron chi connectivity index (χ0n) is 12.2. The summed E-state index contributed by atoms with van der Waals surface area (Å²) in [5, 5.41) is 0. The topological polar surface area (TPSA) is 51.1 Å². The van der Waals surface area contributed by atoms with Gasteiger partial charge in [0.05, 0.1) is 12.4 Å². The van der Waals surface area contributed by atoms with Crippen LogP contribution in [-0.2, 0) is 0 Å². The molecule has 0 radical (unpaired) electrons. The van der Waals surface area contributed by atoms with Crippen LogP contribution in [0.25, 0.3) is 0 Å². The van der Waals surface area contributed by atoms with E-state index in [-0.39, 0.29) is 0 Å². The van der Waals surface area contributed by atoms with E-state index in [1.165, 1.54) is 18.3 Å². The molecule has 3 rings (SSSR count). The van der Waals surface area contributed by atoms with Gasteiger partial charge in [0.15, 0.2) is 5.75 Å². The fourth-order valence-corrected chi connectivity index (χ4v) is 2.85. The maximum absolute atomic E-state index is 5.78. The standard InChI is InChI=1S/C16H20N4O/c1-20-10-14(13-3-2-6-17-7-13)4-5-15(20)11-21-16-8-18-12-19-9-16/h2-3,6-9,12,14-15H,4-5,10-11H2,1H3. The number of piperidine rings is 1. The van der Waals surface area contributed by atoms with Crippen LogP contribution < -0.4 is 4.74 Å². The molecule has 110 valence electrons. The normalized spacial score (nSPS) is 22.9. The lowest BCUT2D eigenvalue weighted by molar-refractivity contribution is 0.113. The van der Waals surface area contributed by atoms with Gasteiger partial charge in [0.25, 0.3) is 0 Å². The minimum absolute atomic E-state index is 0.443. The lowest BCUT2D eigenvalue weighted by Gasteiger charge is -2.37. The highest BCUT2D eigenvalue weighted by molar-refractivity contribution is 5.16. The van der Waals surface area contributed by atoms with E-state index in [2.05, 4.69) is 33.0 Å². The van der Waals surface area contributed by atoms with Crippen molar-refractivity contribution in [2.24, 2.45) is 0 Å². The molecule has 0 saturated carbocycles. The Labute approximate surface area is 125 Å². The predicted octanol–water partition coefficient (Wildman–Crippen LogP) is 2.13. The van der Waals surface area contributed by atoms with E-state index in [9.17, 15) is 0 Å². The van der Waals surface area contributed by atoms with Crippen LogP contribution in [0.1, 0.15) is 24.3 Å². The molecule has 0 aliphatic carbocycles. The summed E-state index contributed by atoms with van der Waals surface area (Å²) in [6.07, 6.45) is 11.0. The van der Waals surface area contributed by atoms with E-state index >= 15 is 0 Å². The number of hydrogen-bond acceptors (Lipinski definition) is 5. The lowest BCUT2D eigenvalue weighted by Crippen LogP contribution is -2.43. The van der Waals surface area contributed by atoms with Crippen LogP contribution >= 0.6 is 0 Å². The van der Waals surface area contributed by atoms with Crippen molar-refractivity contribution in [1.29, 1.82) is 0 Å². The summed E-state index contributed by atoms with van der Waals surface area (Å²) in [4.78, 5) is 14.5. The monoisotopic (exact) mass is 284 g/mol. The number of pyridine rings is 1. The third-order valence-electron chi connectivity index (χ3n) is 4.12. The Balaban J connectivity index is 1.54. The third kappa shape index (κ3) is 3.55. The lowest BCUT2D eigenvalue weighted by atomic mass is 9.88. The highest BCUT2D eigenvalue weighted by Crippen LogP contribution is 2.29. The Hall–Kier alpha value is -2.01. The van der Waals surface area contributed by atoms with Gasteiger partial charge < -0.3 is 4.74 Å². The van der Waals surface area contributed by atoms with Gasteiger partial charge in [-0.1, -0.05) is 6.07 Å². The van der Waals surface area contributed by atoms with Gasteiger partial charge in [-0.3, -0.25) is 9.88 Å². The fraction of sp³-hybridized carbons (Fsp3) is 0.438. The molecule has 0 aromatic carbocycles. The van der Waals surface area contributed by atoms with Crippen LogP contribution in [0, 0.1) is 0 Å². The third-order valence-corrected chi connectivity index (χ3v) is 4.12. The largest absolute Gasteiger partial charge is 0.489 e. The molecular weight excluding hydrogens is 264 g/mol. The molecule has 0 N–H and O–H groups in total. The Bertz CT molecular complexity index is 549. The van der Waals surface area contributed by atoms with Crippen molar-refractivity contribution >= 4 is 0 Å². The first kappa shape index (κ1) is 13.9. The smallest absolute Gasteiger partial charge is 0.155 e. The zero-order chi connectivity index (χ0) is 14.5. The minimum atomic E-state index is 0.443. The second-order valence-electron chi connectivity index (χ2n) is 5.54. The van der Waals surface area contributed by atoms with E-state index in [0.29, 0.717) is 18.6 Å². The number of nitrogens with zero attached hydrogens (tertiary/aromatic N) is 4. The number of likely N-dealkylation sites (N-methyl/N-ethyl adjacent to an activating group) is 1. The number of aromatic nitrogens is 3. The van der Waals surface area contributed by atoms with Gasteiger partial charge in [0.2, 0.25) is 0 Å². The van der Waals surface area contributed by atoms with Crippen molar-refractivity contribution in [1.82, 2.24) is 19.9 Å². The predicted molar refractivity (Wildman–Crippen MR) is 80.2 cm³/mol. The average molecular weight is 284 g/mol. The van der Waals surface area contributed by atoms with E-state index in [0.717, 1.165) is 18.7 Å². The molecule has 2 unspecified atom stereocenters. The molecule has 3 heterocycles. The van der Waals surface area contributed by atoms with Gasteiger partial charge in [-0.15, -0.1) is 0 Å². The Morgan fingerprint density at radius 1 is 1.19 bits per heavy atom. The number of rotatable bonds is 4. The van der Waals surface area contributed by atoms with E-state index in [4.69, 9.17) is 4.74 Å². The number of ether oxygens (including phenoxy) is 1. The van der Waals surface area contributed by atoms with Gasteiger partial charge in [-0.05, 0) is 37.4 Å². The van der Waals surface area contributed by atoms with Gasteiger partial charge in [0.1, 0.15) is 12.9 Å². The molecule has 2 atom stereocenters. The van der Waals surface area contributed by atoms with Crippen molar-refractivity contribution in [3.8, 4) is 5.75 Å². The second-order valence-corrected chi connectivity index (χ2v) is 5.54. The molecule has 2 aromatic rings. The summed E-state index contributed by atoms with van der Waals surface area (Å²) < 4.78 is 5.78. The fourth-order valence-electron chi connectivity index (χ4n) is 2.85. The summed E-state index contributed by atoms with van der Waals surface area (Å²) in [7, 11) is 2.16. The summed E-state index contributed by atoms with van der Waals surface area (Å²) >= 11 is 0. The molecule has 1 aliphatic heterocycles. The summed E-state index contributed by atoms with van der Waals surface area (Å²) in [6.45, 7) is 1.73. The van der Waals surface area contributed by atoms with Gasteiger partial charge >= 0.3 is 0 Å². The highest BCUT2D eigenvalue weighted by Gasteiger charge is 2.27. The SMILES string of the molecule is CN1CC(c2cccnc2)CCC1COc1cncnc1. The van der Waals surface area contributed by atoms with Crippen molar-refractivity contribution in [3.05, 3.63) is 48.8 Å². The molecule has 1 saturated heterocycles. The van der Waals surface area contributed by atoms with E-state index < -0.39 is 0 Å². The molecule has 0 spiro atoms. The summed E-state index contributed by atoms with van der Waals surface area (Å²) in [5.74, 6) is 1.31. The van der Waals surface area contributed by atoms with E-state index in [1.807, 2.05) is 18.5 Å². The van der Waals surface area contributed by atoms with Gasteiger partial charge in [-0.2, -0.15) is 0 Å². The van der Waals surface area contributed by atoms with Crippen LogP contribution in [0.15, 0.2) is 43.2 Å². The average Bonchev–Trinajstić information content (AvgIpc) is 2.55. The van der Waals surface area contributed by atoms with Gasteiger partial charge in [-0.25, -0.2) is 9.97 Å². The maximum atomic E-state index is 5.78. The van der Waals surface area contributed by atoms with Crippen LogP contribution in [0.5, 0.6) is 5.75 Å². The molecule has 2 aromatic heterocycles. The minimum Gasteiger partial charge on any atom is -0.489 e. The van der Waals surface area contributed by atoms with Crippen molar-refractivity contribution < 1.29 is 4.74 Å². The molecule has 0 bridgehead atoms. The second kappa shape index (κ2) is 6.63.